The molecule has 3 heteroatoms. The van der Waals surface area contributed by atoms with E-state index in [0.717, 1.165) is 11.1 Å². The molecule has 0 fully saturated rings. The van der Waals surface area contributed by atoms with Crippen LogP contribution in [0.15, 0.2) is 107 Å². The highest BCUT2D eigenvalue weighted by Gasteiger charge is 2.57. The molecule has 0 heterocycles. The van der Waals surface area contributed by atoms with Crippen molar-refractivity contribution in [2.45, 2.75) is 129 Å². The van der Waals surface area contributed by atoms with Crippen molar-refractivity contribution < 1.29 is 0 Å². The fourth-order valence-corrected chi connectivity index (χ4v) is 23.8. The van der Waals surface area contributed by atoms with Crippen LogP contribution in [0.2, 0.25) is 47.3 Å². The summed E-state index contributed by atoms with van der Waals surface area (Å²) in [5, 5.41) is 6.61. The molecular weight excluding hydrogens is 589 g/mol. The standard InChI is InChI=1S/C42H64Si3/c1-13-33(9)45(34(10)14-2,41-29-37(27-39(41)31(5)6)43(11,15-3)35-23-19-17-20-24-35)42-30-38(28-40(42)32(7)8)44(12,16-4)36-25-21-18-22-26-36/h17-34,41-42H,13-16H2,1-12H3. The quantitative estimate of drug-likeness (QED) is 0.178. The first kappa shape index (κ1) is 35.9. The average Bonchev–Trinajstić information content (AvgIpc) is 3.72. The molecule has 0 N–H and O–H groups in total. The van der Waals surface area contributed by atoms with Crippen molar-refractivity contribution in [3.63, 3.8) is 0 Å². The highest BCUT2D eigenvalue weighted by Crippen LogP contribution is 2.62. The van der Waals surface area contributed by atoms with Gasteiger partial charge in [-0.3, -0.25) is 0 Å². The molecule has 6 atom stereocenters. The van der Waals surface area contributed by atoms with Crippen LogP contribution in [0, 0.1) is 11.8 Å². The molecule has 0 saturated heterocycles. The summed E-state index contributed by atoms with van der Waals surface area (Å²) in [5.41, 5.74) is 6.15. The minimum absolute atomic E-state index is 0.561. The van der Waals surface area contributed by atoms with E-state index in [-0.39, 0.29) is 0 Å². The topological polar surface area (TPSA) is 0 Å². The van der Waals surface area contributed by atoms with Crippen molar-refractivity contribution in [3.8, 4) is 0 Å². The maximum Gasteiger partial charge on any atom is 0.114 e. The maximum absolute atomic E-state index is 2.92. The first-order chi connectivity index (χ1) is 21.4. The Balaban J connectivity index is 2.02. The van der Waals surface area contributed by atoms with E-state index >= 15 is 0 Å². The fourth-order valence-electron chi connectivity index (χ4n) is 9.16. The molecule has 4 rings (SSSR count). The number of allylic oxidation sites excluding steroid dienone is 8. The van der Waals surface area contributed by atoms with Crippen LogP contribution in [0.5, 0.6) is 0 Å². The van der Waals surface area contributed by atoms with E-state index in [1.807, 2.05) is 0 Å². The van der Waals surface area contributed by atoms with Crippen molar-refractivity contribution in [2.75, 3.05) is 0 Å². The first-order valence-electron chi connectivity index (χ1n) is 18.3. The maximum atomic E-state index is 2.92. The lowest BCUT2D eigenvalue weighted by Crippen LogP contribution is -2.52. The zero-order chi connectivity index (χ0) is 33.2. The molecule has 0 nitrogen and oxygen atoms in total. The van der Waals surface area contributed by atoms with Gasteiger partial charge in [0.25, 0.3) is 0 Å². The van der Waals surface area contributed by atoms with Crippen molar-refractivity contribution >= 4 is 34.6 Å². The van der Waals surface area contributed by atoms with Gasteiger partial charge in [0, 0.05) is 0 Å². The molecule has 0 spiro atoms. The third-order valence-electron chi connectivity index (χ3n) is 12.9. The Morgan fingerprint density at radius 2 is 0.867 bits per heavy atom. The highest BCUT2D eigenvalue weighted by atomic mass is 28.3. The minimum atomic E-state index is -2.10. The van der Waals surface area contributed by atoms with Gasteiger partial charge in [0.15, 0.2) is 0 Å². The third kappa shape index (κ3) is 6.23. The van der Waals surface area contributed by atoms with Crippen molar-refractivity contribution in [2.24, 2.45) is 11.8 Å². The Morgan fingerprint density at radius 1 is 0.533 bits per heavy atom. The van der Waals surface area contributed by atoms with Crippen molar-refractivity contribution in [1.82, 2.24) is 0 Å². The number of hydrogen-bond acceptors (Lipinski definition) is 0. The number of benzene rings is 2. The second-order valence-electron chi connectivity index (χ2n) is 15.5. The lowest BCUT2D eigenvalue weighted by molar-refractivity contribution is 0.662. The van der Waals surface area contributed by atoms with Gasteiger partial charge < -0.3 is 0 Å². The van der Waals surface area contributed by atoms with E-state index in [2.05, 4.69) is 167 Å². The van der Waals surface area contributed by atoms with Crippen LogP contribution >= 0.6 is 0 Å². The third-order valence-corrected chi connectivity index (χ3v) is 29.5. The average molecular weight is 653 g/mol. The molecular formula is C42H64Si3. The van der Waals surface area contributed by atoms with Gasteiger partial charge in [-0.15, -0.1) is 0 Å². The second kappa shape index (κ2) is 14.4. The predicted octanol–water partition coefficient (Wildman–Crippen LogP) is 11.9. The Bertz CT molecular complexity index is 1300. The highest BCUT2D eigenvalue weighted by molar-refractivity contribution is 6.98. The van der Waals surface area contributed by atoms with Crippen molar-refractivity contribution in [1.29, 1.82) is 0 Å². The molecule has 2 aliphatic carbocycles. The summed E-state index contributed by atoms with van der Waals surface area (Å²) in [6.45, 7) is 30.5. The lowest BCUT2D eigenvalue weighted by Gasteiger charge is -2.52. The van der Waals surface area contributed by atoms with Crippen LogP contribution in [-0.4, -0.2) is 24.2 Å². The van der Waals surface area contributed by atoms with E-state index in [0.29, 0.717) is 22.9 Å². The van der Waals surface area contributed by atoms with Crippen molar-refractivity contribution in [3.05, 3.63) is 107 Å². The molecule has 2 aromatic rings. The van der Waals surface area contributed by atoms with Gasteiger partial charge in [0.1, 0.15) is 16.1 Å². The van der Waals surface area contributed by atoms with Gasteiger partial charge in [0.2, 0.25) is 0 Å². The molecule has 6 unspecified atom stereocenters. The Morgan fingerprint density at radius 3 is 1.13 bits per heavy atom. The van der Waals surface area contributed by atoms with E-state index < -0.39 is 24.2 Å². The summed E-state index contributed by atoms with van der Waals surface area (Å²) in [5.74, 6) is 1.12. The fraction of sp³-hybridized carbons (Fsp3) is 0.524. The molecule has 2 aliphatic rings. The van der Waals surface area contributed by atoms with E-state index in [1.54, 1.807) is 31.9 Å². The Hall–Kier alpha value is -1.95. The molecule has 0 saturated carbocycles. The monoisotopic (exact) mass is 652 g/mol. The second-order valence-corrected chi connectivity index (χ2v) is 29.8. The molecule has 0 bridgehead atoms. The van der Waals surface area contributed by atoms with Gasteiger partial charge in [-0.1, -0.05) is 224 Å². The van der Waals surface area contributed by atoms with Gasteiger partial charge in [-0.2, -0.15) is 0 Å². The van der Waals surface area contributed by atoms with Crippen LogP contribution in [-0.2, 0) is 0 Å². The summed E-state index contributed by atoms with van der Waals surface area (Å²) in [4.78, 5) is 0. The summed E-state index contributed by atoms with van der Waals surface area (Å²) in [6, 6.07) is 25.6. The van der Waals surface area contributed by atoms with Crippen LogP contribution in [0.4, 0.5) is 0 Å². The predicted molar refractivity (Wildman–Crippen MR) is 211 cm³/mol. The van der Waals surface area contributed by atoms with Gasteiger partial charge in [0.05, 0.1) is 8.07 Å². The molecule has 0 amide bonds. The van der Waals surface area contributed by atoms with Crippen LogP contribution in [0.25, 0.3) is 0 Å². The van der Waals surface area contributed by atoms with Gasteiger partial charge in [-0.05, 0) is 34.0 Å². The summed E-state index contributed by atoms with van der Waals surface area (Å²) >= 11 is 0. The van der Waals surface area contributed by atoms with Gasteiger partial charge >= 0.3 is 0 Å². The first-order valence-corrected chi connectivity index (χ1v) is 26.1. The molecule has 0 aromatic heterocycles. The van der Waals surface area contributed by atoms with E-state index in [4.69, 9.17) is 0 Å². The summed E-state index contributed by atoms with van der Waals surface area (Å²) < 4.78 is 0. The largest absolute Gasteiger partial charge is 0.114 e. The summed E-state index contributed by atoms with van der Waals surface area (Å²) in [7, 11) is -5.81. The van der Waals surface area contributed by atoms with E-state index in [9.17, 15) is 0 Å². The van der Waals surface area contributed by atoms with Crippen LogP contribution < -0.4 is 10.4 Å². The van der Waals surface area contributed by atoms with Crippen LogP contribution in [0.3, 0.4) is 0 Å². The molecule has 0 radical (unpaired) electrons. The Labute approximate surface area is 281 Å². The SMILES string of the molecule is CCC(C)[Si](C(C)CC)(C1C=C([Si](C)(CC)c2ccccc2)C=C1C(C)C)C1C=C([Si](C)(CC)c2ccccc2)C=C1C(C)C. The Kier molecular flexibility index (Phi) is 11.5. The molecule has 244 valence electrons. The van der Waals surface area contributed by atoms with E-state index in [1.165, 1.54) is 24.9 Å². The number of rotatable bonds is 14. The van der Waals surface area contributed by atoms with Gasteiger partial charge in [-0.25, -0.2) is 0 Å². The minimum Gasteiger partial charge on any atom is -0.0803 e. The van der Waals surface area contributed by atoms with Crippen LogP contribution in [0.1, 0.15) is 82.1 Å². The number of hydrogen-bond donors (Lipinski definition) is 0. The lowest BCUT2D eigenvalue weighted by atomic mass is 10.0. The smallest absolute Gasteiger partial charge is 0.0803 e. The summed E-state index contributed by atoms with van der Waals surface area (Å²) in [6.07, 6.45) is 13.9. The molecule has 2 aromatic carbocycles. The zero-order valence-electron chi connectivity index (χ0n) is 30.9. The normalized spacial score (nSPS) is 23.9. The molecule has 45 heavy (non-hydrogen) atoms. The zero-order valence-corrected chi connectivity index (χ0v) is 33.9. The molecule has 0 aliphatic heterocycles.